The molecule has 7 heteroatoms. The lowest BCUT2D eigenvalue weighted by atomic mass is 10.2. The second kappa shape index (κ2) is 6.51. The molecule has 1 fully saturated rings. The third-order valence-corrected chi connectivity index (χ3v) is 3.91. The van der Waals surface area contributed by atoms with Crippen LogP contribution in [0.15, 0.2) is 24.3 Å². The molecule has 112 valence electrons. The predicted octanol–water partition coefficient (Wildman–Crippen LogP) is 1.18. The molecule has 0 saturated carbocycles. The van der Waals surface area contributed by atoms with Crippen LogP contribution in [0.4, 0.5) is 0 Å². The predicted molar refractivity (Wildman–Crippen MR) is 80.8 cm³/mol. The van der Waals surface area contributed by atoms with Crippen LogP contribution in [0.2, 0.25) is 5.02 Å². The highest BCUT2D eigenvalue weighted by molar-refractivity contribution is 6.30. The maximum atomic E-state index is 6.03. The third-order valence-electron chi connectivity index (χ3n) is 3.67. The zero-order valence-electron chi connectivity index (χ0n) is 12.1. The molecule has 1 aromatic carbocycles. The van der Waals surface area contributed by atoms with E-state index in [2.05, 4.69) is 31.3 Å². The van der Waals surface area contributed by atoms with Crippen LogP contribution in [-0.2, 0) is 20.1 Å². The van der Waals surface area contributed by atoms with Crippen molar-refractivity contribution in [2.75, 3.05) is 26.2 Å². The topological polar surface area (TPSA) is 50.1 Å². The lowest BCUT2D eigenvalue weighted by Gasteiger charge is -2.34. The maximum absolute atomic E-state index is 6.03. The average molecular weight is 307 g/mol. The van der Waals surface area contributed by atoms with Crippen LogP contribution in [-0.4, -0.2) is 56.2 Å². The van der Waals surface area contributed by atoms with Crippen molar-refractivity contribution in [1.29, 1.82) is 0 Å². The normalized spacial score (nSPS) is 17.2. The molecular formula is C14H19ClN6. The largest absolute Gasteiger partial charge is 0.297 e. The average Bonchev–Trinajstić information content (AvgIpc) is 2.86. The number of halogens is 1. The standard InChI is InChI=1S/C14H19ClN6/c1-19-17-14(16-18-19)11-21-7-5-20(6-8-21)10-12-3-2-4-13(15)9-12/h2-4,9H,5-8,10-11H2,1H3. The number of piperazine rings is 1. The van der Waals surface area contributed by atoms with Gasteiger partial charge in [-0.15, -0.1) is 10.2 Å². The fourth-order valence-electron chi connectivity index (χ4n) is 2.59. The van der Waals surface area contributed by atoms with Crippen molar-refractivity contribution in [3.8, 4) is 0 Å². The summed E-state index contributed by atoms with van der Waals surface area (Å²) in [6.07, 6.45) is 0. The van der Waals surface area contributed by atoms with Gasteiger partial charge in [0.25, 0.3) is 0 Å². The number of hydrogen-bond acceptors (Lipinski definition) is 5. The van der Waals surface area contributed by atoms with Gasteiger partial charge in [0.1, 0.15) is 0 Å². The molecular weight excluding hydrogens is 288 g/mol. The SMILES string of the molecule is Cn1nnc(CN2CCN(Cc3cccc(Cl)c3)CC2)n1. The fraction of sp³-hybridized carbons (Fsp3) is 0.500. The minimum Gasteiger partial charge on any atom is -0.297 e. The van der Waals surface area contributed by atoms with Gasteiger partial charge < -0.3 is 0 Å². The fourth-order valence-corrected chi connectivity index (χ4v) is 2.80. The molecule has 3 rings (SSSR count). The Bertz CT molecular complexity index is 591. The van der Waals surface area contributed by atoms with E-state index in [-0.39, 0.29) is 0 Å². The van der Waals surface area contributed by atoms with E-state index in [1.807, 2.05) is 18.2 Å². The zero-order valence-corrected chi connectivity index (χ0v) is 12.9. The molecule has 1 aromatic heterocycles. The zero-order chi connectivity index (χ0) is 14.7. The van der Waals surface area contributed by atoms with Crippen molar-refractivity contribution in [2.24, 2.45) is 7.05 Å². The molecule has 21 heavy (non-hydrogen) atoms. The summed E-state index contributed by atoms with van der Waals surface area (Å²) in [6, 6.07) is 8.09. The van der Waals surface area contributed by atoms with Gasteiger partial charge in [-0.1, -0.05) is 23.7 Å². The van der Waals surface area contributed by atoms with Crippen LogP contribution in [0.3, 0.4) is 0 Å². The number of rotatable bonds is 4. The Morgan fingerprint density at radius 3 is 2.43 bits per heavy atom. The Balaban J connectivity index is 1.48. The van der Waals surface area contributed by atoms with Gasteiger partial charge in [-0.25, -0.2) is 0 Å². The Kier molecular flexibility index (Phi) is 4.48. The lowest BCUT2D eigenvalue weighted by molar-refractivity contribution is 0.120. The molecule has 1 aliphatic heterocycles. The van der Waals surface area contributed by atoms with Crippen molar-refractivity contribution in [1.82, 2.24) is 30.0 Å². The molecule has 0 aliphatic carbocycles. The maximum Gasteiger partial charge on any atom is 0.188 e. The summed E-state index contributed by atoms with van der Waals surface area (Å²) >= 11 is 6.03. The van der Waals surface area contributed by atoms with Crippen LogP contribution in [0.1, 0.15) is 11.4 Å². The van der Waals surface area contributed by atoms with Crippen molar-refractivity contribution in [2.45, 2.75) is 13.1 Å². The van der Waals surface area contributed by atoms with Crippen LogP contribution in [0, 0.1) is 0 Å². The van der Waals surface area contributed by atoms with Crippen LogP contribution >= 0.6 is 11.6 Å². The van der Waals surface area contributed by atoms with Gasteiger partial charge in [-0.3, -0.25) is 9.80 Å². The van der Waals surface area contributed by atoms with Crippen molar-refractivity contribution in [3.05, 3.63) is 40.7 Å². The first-order valence-corrected chi connectivity index (χ1v) is 7.49. The molecule has 0 unspecified atom stereocenters. The molecule has 0 N–H and O–H groups in total. The summed E-state index contributed by atoms with van der Waals surface area (Å²) in [6.45, 7) is 5.88. The quantitative estimate of drug-likeness (QED) is 0.849. The summed E-state index contributed by atoms with van der Waals surface area (Å²) in [7, 11) is 1.79. The molecule has 1 saturated heterocycles. The highest BCUT2D eigenvalue weighted by atomic mass is 35.5. The Hall–Kier alpha value is -1.50. The Labute approximate surface area is 129 Å². The van der Waals surface area contributed by atoms with E-state index < -0.39 is 0 Å². The van der Waals surface area contributed by atoms with Gasteiger partial charge in [-0.05, 0) is 22.9 Å². The summed E-state index contributed by atoms with van der Waals surface area (Å²) in [5, 5.41) is 12.9. The van der Waals surface area contributed by atoms with Crippen LogP contribution in [0.5, 0.6) is 0 Å². The monoisotopic (exact) mass is 306 g/mol. The smallest absolute Gasteiger partial charge is 0.188 e. The first-order chi connectivity index (χ1) is 10.2. The summed E-state index contributed by atoms with van der Waals surface area (Å²) in [5.41, 5.74) is 1.27. The van der Waals surface area contributed by atoms with Crippen molar-refractivity contribution >= 4 is 11.6 Å². The van der Waals surface area contributed by atoms with E-state index in [0.717, 1.165) is 50.1 Å². The highest BCUT2D eigenvalue weighted by Gasteiger charge is 2.18. The van der Waals surface area contributed by atoms with Gasteiger partial charge in [0.05, 0.1) is 13.6 Å². The van der Waals surface area contributed by atoms with E-state index in [4.69, 9.17) is 11.6 Å². The molecule has 1 aliphatic rings. The molecule has 6 nitrogen and oxygen atoms in total. The summed E-state index contributed by atoms with van der Waals surface area (Å²) < 4.78 is 0. The van der Waals surface area contributed by atoms with Gasteiger partial charge in [-0.2, -0.15) is 4.80 Å². The van der Waals surface area contributed by atoms with E-state index in [1.165, 1.54) is 10.4 Å². The van der Waals surface area contributed by atoms with Gasteiger partial charge >= 0.3 is 0 Å². The van der Waals surface area contributed by atoms with Gasteiger partial charge in [0, 0.05) is 37.7 Å². The van der Waals surface area contributed by atoms with Crippen LogP contribution in [0.25, 0.3) is 0 Å². The first kappa shape index (κ1) is 14.4. The molecule has 0 amide bonds. The molecule has 0 atom stereocenters. The Morgan fingerprint density at radius 1 is 1.10 bits per heavy atom. The van der Waals surface area contributed by atoms with E-state index in [9.17, 15) is 0 Å². The number of tetrazole rings is 1. The molecule has 0 bridgehead atoms. The minimum absolute atomic E-state index is 0.777. The van der Waals surface area contributed by atoms with Gasteiger partial charge in [0.15, 0.2) is 5.82 Å². The molecule has 0 spiro atoms. The molecule has 2 heterocycles. The second-order valence-corrected chi connectivity index (χ2v) is 5.81. The van der Waals surface area contributed by atoms with Gasteiger partial charge in [0.2, 0.25) is 0 Å². The summed E-state index contributed by atoms with van der Waals surface area (Å²) in [4.78, 5) is 6.32. The number of aromatic nitrogens is 4. The molecule has 2 aromatic rings. The van der Waals surface area contributed by atoms with E-state index in [0.29, 0.717) is 0 Å². The second-order valence-electron chi connectivity index (χ2n) is 5.38. The third kappa shape index (κ3) is 4.00. The minimum atomic E-state index is 0.777. The van der Waals surface area contributed by atoms with Crippen molar-refractivity contribution in [3.63, 3.8) is 0 Å². The highest BCUT2D eigenvalue weighted by Crippen LogP contribution is 2.14. The number of nitrogens with zero attached hydrogens (tertiary/aromatic N) is 6. The van der Waals surface area contributed by atoms with E-state index in [1.54, 1.807) is 7.05 Å². The molecule has 0 radical (unpaired) electrons. The number of benzene rings is 1. The van der Waals surface area contributed by atoms with E-state index >= 15 is 0 Å². The lowest BCUT2D eigenvalue weighted by Crippen LogP contribution is -2.45. The number of hydrogen-bond donors (Lipinski definition) is 0. The Morgan fingerprint density at radius 2 is 1.81 bits per heavy atom. The van der Waals surface area contributed by atoms with Crippen LogP contribution < -0.4 is 0 Å². The first-order valence-electron chi connectivity index (χ1n) is 7.11. The number of aryl methyl sites for hydroxylation is 1. The summed E-state index contributed by atoms with van der Waals surface area (Å²) in [5.74, 6) is 0.792. The van der Waals surface area contributed by atoms with Crippen molar-refractivity contribution < 1.29 is 0 Å².